The first-order chi connectivity index (χ1) is 15.1. The number of nitrogens with one attached hydrogen (secondary N) is 1. The molecule has 0 aliphatic carbocycles. The van der Waals surface area contributed by atoms with Crippen LogP contribution in [0.4, 0.5) is 5.82 Å². The number of nitrogens with zero attached hydrogens (tertiary/aromatic N) is 7. The van der Waals surface area contributed by atoms with Gasteiger partial charge in [-0.3, -0.25) is 4.79 Å². The molecular weight excluding hydrogens is 398 g/mol. The first-order valence-electron chi connectivity index (χ1n) is 9.98. The molecule has 11 nitrogen and oxygen atoms in total. The summed E-state index contributed by atoms with van der Waals surface area (Å²) in [6, 6.07) is 3.74. The molecule has 1 atom stereocenters. The zero-order chi connectivity index (χ0) is 21.4. The maximum absolute atomic E-state index is 12.8. The molecule has 0 spiro atoms. The highest BCUT2D eigenvalue weighted by molar-refractivity contribution is 5.97. The van der Waals surface area contributed by atoms with E-state index in [-0.39, 0.29) is 17.6 Å². The molecule has 0 saturated carbocycles. The second-order valence-electron chi connectivity index (χ2n) is 7.34. The Balaban J connectivity index is 1.57. The molecule has 0 bridgehead atoms. The molecule has 11 heteroatoms. The van der Waals surface area contributed by atoms with Crippen LogP contribution in [0.1, 0.15) is 29.0 Å². The van der Waals surface area contributed by atoms with Gasteiger partial charge in [-0.15, -0.1) is 4.80 Å². The maximum Gasteiger partial charge on any atom is 0.273 e. The average Bonchev–Trinajstić information content (AvgIpc) is 3.55. The summed E-state index contributed by atoms with van der Waals surface area (Å²) in [5, 5.41) is 11.2. The lowest BCUT2D eigenvalue weighted by molar-refractivity contribution is 0.0854. The molecule has 3 N–H and O–H groups in total. The van der Waals surface area contributed by atoms with Crippen LogP contribution in [0.15, 0.2) is 36.9 Å². The molecule has 158 valence electrons. The molecule has 1 fully saturated rings. The summed E-state index contributed by atoms with van der Waals surface area (Å²) >= 11 is 0. The average molecular weight is 419 g/mol. The van der Waals surface area contributed by atoms with E-state index in [2.05, 4.69) is 30.5 Å². The predicted molar refractivity (Wildman–Crippen MR) is 112 cm³/mol. The molecule has 5 heterocycles. The van der Waals surface area contributed by atoms with Crippen molar-refractivity contribution in [1.82, 2.24) is 39.7 Å². The van der Waals surface area contributed by atoms with E-state index in [1.54, 1.807) is 6.20 Å². The van der Waals surface area contributed by atoms with E-state index in [9.17, 15) is 4.79 Å². The first-order valence-corrected chi connectivity index (χ1v) is 9.98. The number of pyridine rings is 1. The number of nitrogens with two attached hydrogens (primary N) is 1. The number of imidazole rings is 1. The van der Waals surface area contributed by atoms with Crippen LogP contribution in [-0.4, -0.2) is 59.5 Å². The van der Waals surface area contributed by atoms with Crippen molar-refractivity contribution in [2.45, 2.75) is 25.9 Å². The van der Waals surface area contributed by atoms with Crippen molar-refractivity contribution >= 4 is 17.4 Å². The molecule has 1 unspecified atom stereocenters. The highest BCUT2D eigenvalue weighted by Gasteiger charge is 2.23. The molecule has 5 rings (SSSR count). The van der Waals surface area contributed by atoms with E-state index < -0.39 is 5.91 Å². The number of nitrogen functional groups attached to an aromatic ring is 1. The Labute approximate surface area is 177 Å². The predicted octanol–water partition coefficient (Wildman–Crippen LogP) is 1.17. The van der Waals surface area contributed by atoms with E-state index >= 15 is 0 Å². The van der Waals surface area contributed by atoms with E-state index in [0.717, 1.165) is 29.7 Å². The van der Waals surface area contributed by atoms with E-state index in [0.29, 0.717) is 24.7 Å². The van der Waals surface area contributed by atoms with E-state index in [1.165, 1.54) is 17.2 Å². The summed E-state index contributed by atoms with van der Waals surface area (Å²) in [6.45, 7) is 3.07. The number of aryl methyl sites for hydroxylation is 1. The molecule has 0 radical (unpaired) electrons. The van der Waals surface area contributed by atoms with Crippen molar-refractivity contribution in [1.29, 1.82) is 0 Å². The summed E-state index contributed by atoms with van der Waals surface area (Å²) in [5.41, 5.74) is 9.08. The Morgan fingerprint density at radius 1 is 1.29 bits per heavy atom. The van der Waals surface area contributed by atoms with Crippen molar-refractivity contribution in [3.05, 3.63) is 48.3 Å². The topological polar surface area (TPSA) is 138 Å². The van der Waals surface area contributed by atoms with Crippen LogP contribution in [0.3, 0.4) is 0 Å². The second kappa shape index (κ2) is 7.76. The smallest absolute Gasteiger partial charge is 0.273 e. The van der Waals surface area contributed by atoms with Crippen molar-refractivity contribution < 1.29 is 9.53 Å². The van der Waals surface area contributed by atoms with Crippen molar-refractivity contribution in [2.24, 2.45) is 0 Å². The Kier molecular flexibility index (Phi) is 4.79. The number of anilines is 1. The molecule has 1 amide bonds. The number of amides is 1. The van der Waals surface area contributed by atoms with Gasteiger partial charge in [0.25, 0.3) is 5.91 Å². The van der Waals surface area contributed by atoms with Crippen LogP contribution in [0.25, 0.3) is 22.7 Å². The molecule has 31 heavy (non-hydrogen) atoms. The Hall–Kier alpha value is -3.86. The Bertz CT molecular complexity index is 1240. The molecule has 4 aromatic heterocycles. The number of fused-ring (bicyclic) bond motifs is 1. The quantitative estimate of drug-likeness (QED) is 0.492. The van der Waals surface area contributed by atoms with Gasteiger partial charge in [-0.05, 0) is 31.9 Å². The summed E-state index contributed by atoms with van der Waals surface area (Å²) in [6.07, 6.45) is 8.67. The fourth-order valence-corrected chi connectivity index (χ4v) is 3.60. The van der Waals surface area contributed by atoms with Gasteiger partial charge in [0.1, 0.15) is 11.3 Å². The SMILES string of the molecule is Cc1cnc2ccc(-c3nc(C(=O)NCC4CCCO4)c(N)nc3-n3nccn3)cn12. The van der Waals surface area contributed by atoms with Gasteiger partial charge < -0.3 is 20.2 Å². The summed E-state index contributed by atoms with van der Waals surface area (Å²) in [7, 11) is 0. The number of carbonyl (C=O) groups excluding carboxylic acids is 1. The number of aromatic nitrogens is 7. The number of ether oxygens (including phenoxy) is 1. The normalized spacial score (nSPS) is 16.1. The van der Waals surface area contributed by atoms with Gasteiger partial charge in [0.05, 0.1) is 18.5 Å². The third-order valence-corrected chi connectivity index (χ3v) is 5.21. The van der Waals surface area contributed by atoms with Crippen molar-refractivity contribution in [3.63, 3.8) is 0 Å². The molecular formula is C20H21N9O2. The second-order valence-corrected chi connectivity index (χ2v) is 7.34. The van der Waals surface area contributed by atoms with E-state index in [1.807, 2.05) is 29.7 Å². The monoisotopic (exact) mass is 419 g/mol. The van der Waals surface area contributed by atoms with Crippen LogP contribution in [0.2, 0.25) is 0 Å². The van der Waals surface area contributed by atoms with Gasteiger partial charge in [-0.25, -0.2) is 15.0 Å². The fourth-order valence-electron chi connectivity index (χ4n) is 3.60. The third kappa shape index (κ3) is 3.59. The molecule has 1 aliphatic rings. The standard InChI is InChI=1S/C20H21N9O2/c1-12-9-22-15-5-4-13(11-28(12)15)16-19(29-24-6-7-25-29)27-18(21)17(26-16)20(30)23-10-14-3-2-8-31-14/h4-7,9,11,14H,2-3,8,10H2,1H3,(H2,21,27)(H,23,30). The lowest BCUT2D eigenvalue weighted by Crippen LogP contribution is -2.33. The Morgan fingerprint density at radius 2 is 2.13 bits per heavy atom. The van der Waals surface area contributed by atoms with E-state index in [4.69, 9.17) is 10.5 Å². The minimum Gasteiger partial charge on any atom is -0.382 e. The number of hydrogen-bond donors (Lipinski definition) is 2. The zero-order valence-electron chi connectivity index (χ0n) is 16.9. The van der Waals surface area contributed by atoms with Crippen LogP contribution in [-0.2, 0) is 4.74 Å². The van der Waals surface area contributed by atoms with Gasteiger partial charge in [-0.1, -0.05) is 0 Å². The molecule has 0 aromatic carbocycles. The number of rotatable bonds is 5. The maximum atomic E-state index is 12.8. The molecule has 1 aliphatic heterocycles. The van der Waals surface area contributed by atoms with Gasteiger partial charge in [0.2, 0.25) is 5.82 Å². The molecule has 1 saturated heterocycles. The largest absolute Gasteiger partial charge is 0.382 e. The van der Waals surface area contributed by atoms with Gasteiger partial charge in [0.15, 0.2) is 11.5 Å². The summed E-state index contributed by atoms with van der Waals surface area (Å²) < 4.78 is 7.50. The van der Waals surface area contributed by atoms with Crippen LogP contribution < -0.4 is 11.1 Å². The number of hydrogen-bond acceptors (Lipinski definition) is 8. The highest BCUT2D eigenvalue weighted by atomic mass is 16.5. The lowest BCUT2D eigenvalue weighted by atomic mass is 10.2. The Morgan fingerprint density at radius 3 is 2.90 bits per heavy atom. The summed E-state index contributed by atoms with van der Waals surface area (Å²) in [5.74, 6) is -0.0716. The van der Waals surface area contributed by atoms with Crippen LogP contribution in [0.5, 0.6) is 0 Å². The minimum absolute atomic E-state index is 0.000722. The first kappa shape index (κ1) is 19.1. The highest BCUT2D eigenvalue weighted by Crippen LogP contribution is 2.26. The van der Waals surface area contributed by atoms with Crippen molar-refractivity contribution in [2.75, 3.05) is 18.9 Å². The van der Waals surface area contributed by atoms with Crippen molar-refractivity contribution in [3.8, 4) is 17.1 Å². The number of carbonyl (C=O) groups is 1. The minimum atomic E-state index is -0.401. The van der Waals surface area contributed by atoms with Gasteiger partial charge >= 0.3 is 0 Å². The zero-order valence-corrected chi connectivity index (χ0v) is 16.9. The third-order valence-electron chi connectivity index (χ3n) is 5.21. The fraction of sp³-hybridized carbons (Fsp3) is 0.300. The van der Waals surface area contributed by atoms with Gasteiger partial charge in [-0.2, -0.15) is 10.2 Å². The molecule has 4 aromatic rings. The lowest BCUT2D eigenvalue weighted by Gasteiger charge is -2.14. The summed E-state index contributed by atoms with van der Waals surface area (Å²) in [4.78, 5) is 27.5. The van der Waals surface area contributed by atoms with Crippen LogP contribution >= 0.6 is 0 Å². The van der Waals surface area contributed by atoms with Gasteiger partial charge in [0, 0.05) is 36.8 Å². The van der Waals surface area contributed by atoms with Crippen LogP contribution in [0, 0.1) is 6.92 Å².